The molecule has 1 heterocycles. The predicted molar refractivity (Wildman–Crippen MR) is 76.0 cm³/mol. The Balaban J connectivity index is 1.82. The van der Waals surface area contributed by atoms with Crippen molar-refractivity contribution in [1.29, 1.82) is 0 Å². The molecule has 110 valence electrons. The molecule has 4 nitrogen and oxygen atoms in total. The maximum Gasteiger partial charge on any atom is 0.223 e. The Bertz CT molecular complexity index is 276. The van der Waals surface area contributed by atoms with Crippen molar-refractivity contribution in [2.24, 2.45) is 11.3 Å². The fourth-order valence-electron chi connectivity index (χ4n) is 3.42. The highest BCUT2D eigenvalue weighted by Gasteiger charge is 2.33. The van der Waals surface area contributed by atoms with Gasteiger partial charge in [0.2, 0.25) is 5.91 Å². The lowest BCUT2D eigenvalue weighted by molar-refractivity contribution is -0.126. The van der Waals surface area contributed by atoms with Crippen LogP contribution < -0.4 is 10.6 Å². The van der Waals surface area contributed by atoms with Crippen LogP contribution in [0.3, 0.4) is 0 Å². The minimum absolute atomic E-state index is 0.143. The van der Waals surface area contributed by atoms with Crippen molar-refractivity contribution in [1.82, 2.24) is 10.6 Å². The van der Waals surface area contributed by atoms with Gasteiger partial charge in [-0.05, 0) is 38.8 Å². The maximum atomic E-state index is 12.2. The van der Waals surface area contributed by atoms with Gasteiger partial charge in [-0.15, -0.1) is 0 Å². The van der Waals surface area contributed by atoms with Gasteiger partial charge in [0.15, 0.2) is 0 Å². The van der Waals surface area contributed by atoms with Crippen LogP contribution in [-0.2, 0) is 9.53 Å². The zero-order valence-corrected chi connectivity index (χ0v) is 12.2. The Kier molecular flexibility index (Phi) is 5.64. The molecule has 0 spiro atoms. The average molecular weight is 268 g/mol. The van der Waals surface area contributed by atoms with Gasteiger partial charge in [-0.25, -0.2) is 0 Å². The fourth-order valence-corrected chi connectivity index (χ4v) is 3.42. The molecule has 1 amide bonds. The van der Waals surface area contributed by atoms with E-state index >= 15 is 0 Å². The second-order valence-electron chi connectivity index (χ2n) is 6.24. The van der Waals surface area contributed by atoms with Gasteiger partial charge in [0.25, 0.3) is 0 Å². The van der Waals surface area contributed by atoms with Crippen LogP contribution >= 0.6 is 0 Å². The third-order valence-corrected chi connectivity index (χ3v) is 4.73. The van der Waals surface area contributed by atoms with Gasteiger partial charge in [0, 0.05) is 25.0 Å². The van der Waals surface area contributed by atoms with E-state index in [2.05, 4.69) is 10.6 Å². The normalized spacial score (nSPS) is 24.1. The Morgan fingerprint density at radius 2 is 1.95 bits per heavy atom. The van der Waals surface area contributed by atoms with Crippen LogP contribution in [0.2, 0.25) is 0 Å². The number of amides is 1. The second-order valence-corrected chi connectivity index (χ2v) is 6.24. The minimum atomic E-state index is 0.143. The van der Waals surface area contributed by atoms with Crippen molar-refractivity contribution in [3.8, 4) is 0 Å². The first-order valence-electron chi connectivity index (χ1n) is 7.73. The molecule has 4 heteroatoms. The SMILES string of the molecule is COCC1(CNC(=O)C2CCCCC2)CCNCC1. The Morgan fingerprint density at radius 3 is 2.58 bits per heavy atom. The molecule has 2 rings (SSSR count). The molecule has 1 saturated carbocycles. The highest BCUT2D eigenvalue weighted by molar-refractivity contribution is 5.78. The average Bonchev–Trinajstić information content (AvgIpc) is 2.47. The third-order valence-electron chi connectivity index (χ3n) is 4.73. The van der Waals surface area contributed by atoms with Crippen LogP contribution in [0.4, 0.5) is 0 Å². The summed E-state index contributed by atoms with van der Waals surface area (Å²) in [5.41, 5.74) is 0.143. The Labute approximate surface area is 116 Å². The predicted octanol–water partition coefficient (Wildman–Crippen LogP) is 1.70. The van der Waals surface area contributed by atoms with Crippen molar-refractivity contribution in [3.63, 3.8) is 0 Å². The van der Waals surface area contributed by atoms with Gasteiger partial charge < -0.3 is 15.4 Å². The summed E-state index contributed by atoms with van der Waals surface area (Å²) in [7, 11) is 1.76. The molecule has 0 aromatic rings. The quantitative estimate of drug-likeness (QED) is 0.798. The first-order valence-corrected chi connectivity index (χ1v) is 7.73. The molecule has 2 fully saturated rings. The van der Waals surface area contributed by atoms with E-state index in [-0.39, 0.29) is 17.2 Å². The summed E-state index contributed by atoms with van der Waals surface area (Å²) < 4.78 is 5.38. The van der Waals surface area contributed by atoms with Crippen LogP contribution in [0.1, 0.15) is 44.9 Å². The van der Waals surface area contributed by atoms with Crippen molar-refractivity contribution in [3.05, 3.63) is 0 Å². The van der Waals surface area contributed by atoms with E-state index in [0.29, 0.717) is 0 Å². The van der Waals surface area contributed by atoms with Crippen LogP contribution in [0.25, 0.3) is 0 Å². The number of methoxy groups -OCH3 is 1. The number of carbonyl (C=O) groups is 1. The van der Waals surface area contributed by atoms with E-state index in [1.54, 1.807) is 7.11 Å². The van der Waals surface area contributed by atoms with Gasteiger partial charge >= 0.3 is 0 Å². The van der Waals surface area contributed by atoms with Gasteiger partial charge in [-0.3, -0.25) is 4.79 Å². The van der Waals surface area contributed by atoms with Crippen molar-refractivity contribution in [2.75, 3.05) is 33.4 Å². The maximum absolute atomic E-state index is 12.2. The number of rotatable bonds is 5. The lowest BCUT2D eigenvalue weighted by atomic mass is 9.79. The monoisotopic (exact) mass is 268 g/mol. The third kappa shape index (κ3) is 4.18. The molecule has 0 radical (unpaired) electrons. The molecular formula is C15H28N2O2. The fraction of sp³-hybridized carbons (Fsp3) is 0.933. The molecule has 0 bridgehead atoms. The molecule has 19 heavy (non-hydrogen) atoms. The largest absolute Gasteiger partial charge is 0.384 e. The van der Waals surface area contributed by atoms with E-state index in [1.807, 2.05) is 0 Å². The molecule has 0 aromatic heterocycles. The van der Waals surface area contributed by atoms with Crippen molar-refractivity contribution < 1.29 is 9.53 Å². The molecule has 1 aliphatic carbocycles. The Morgan fingerprint density at radius 1 is 1.26 bits per heavy atom. The topological polar surface area (TPSA) is 50.4 Å². The number of nitrogens with one attached hydrogen (secondary N) is 2. The van der Waals surface area contributed by atoms with E-state index in [9.17, 15) is 4.79 Å². The number of hydrogen-bond acceptors (Lipinski definition) is 3. The van der Waals surface area contributed by atoms with Crippen LogP contribution in [-0.4, -0.2) is 39.3 Å². The first-order chi connectivity index (χ1) is 9.26. The van der Waals surface area contributed by atoms with Crippen molar-refractivity contribution in [2.45, 2.75) is 44.9 Å². The van der Waals surface area contributed by atoms with E-state index in [4.69, 9.17) is 4.74 Å². The van der Waals surface area contributed by atoms with Crippen LogP contribution in [0.5, 0.6) is 0 Å². The molecular weight excluding hydrogens is 240 g/mol. The summed E-state index contributed by atoms with van der Waals surface area (Å²) in [5.74, 6) is 0.531. The van der Waals surface area contributed by atoms with Gasteiger partial charge in [0.05, 0.1) is 6.61 Å². The van der Waals surface area contributed by atoms with E-state index in [1.165, 1.54) is 19.3 Å². The molecule has 2 N–H and O–H groups in total. The summed E-state index contributed by atoms with van der Waals surface area (Å²) in [6, 6.07) is 0. The smallest absolute Gasteiger partial charge is 0.223 e. The standard InChI is InChI=1S/C15H28N2O2/c1-19-12-15(7-9-16-10-8-15)11-17-14(18)13-5-3-2-4-6-13/h13,16H,2-12H2,1H3,(H,17,18). The molecule has 0 atom stereocenters. The highest BCUT2D eigenvalue weighted by atomic mass is 16.5. The summed E-state index contributed by atoms with van der Waals surface area (Å²) in [6.07, 6.45) is 8.05. The number of ether oxygens (including phenoxy) is 1. The number of hydrogen-bond donors (Lipinski definition) is 2. The molecule has 2 aliphatic rings. The minimum Gasteiger partial charge on any atom is -0.384 e. The summed E-state index contributed by atoms with van der Waals surface area (Å²) in [4.78, 5) is 12.2. The molecule has 1 aliphatic heterocycles. The lowest BCUT2D eigenvalue weighted by Crippen LogP contribution is -2.48. The zero-order valence-electron chi connectivity index (χ0n) is 12.2. The number of carbonyl (C=O) groups excluding carboxylic acids is 1. The first kappa shape index (κ1) is 14.8. The molecule has 0 unspecified atom stereocenters. The van der Waals surface area contributed by atoms with Gasteiger partial charge in [-0.2, -0.15) is 0 Å². The van der Waals surface area contributed by atoms with Gasteiger partial charge in [0.1, 0.15) is 0 Å². The highest BCUT2D eigenvalue weighted by Crippen LogP contribution is 2.29. The van der Waals surface area contributed by atoms with Crippen LogP contribution in [0, 0.1) is 11.3 Å². The molecule has 0 aromatic carbocycles. The summed E-state index contributed by atoms with van der Waals surface area (Å²) in [5, 5.41) is 6.58. The van der Waals surface area contributed by atoms with Gasteiger partial charge in [-0.1, -0.05) is 19.3 Å². The van der Waals surface area contributed by atoms with Crippen molar-refractivity contribution >= 4 is 5.91 Å². The van der Waals surface area contributed by atoms with E-state index in [0.717, 1.165) is 51.9 Å². The number of piperidine rings is 1. The zero-order chi connectivity index (χ0) is 13.6. The summed E-state index contributed by atoms with van der Waals surface area (Å²) in [6.45, 7) is 3.59. The summed E-state index contributed by atoms with van der Waals surface area (Å²) >= 11 is 0. The second kappa shape index (κ2) is 7.25. The lowest BCUT2D eigenvalue weighted by Gasteiger charge is -2.37. The van der Waals surface area contributed by atoms with E-state index < -0.39 is 0 Å². The molecule has 1 saturated heterocycles. The van der Waals surface area contributed by atoms with Crippen LogP contribution in [0.15, 0.2) is 0 Å². The Hall–Kier alpha value is -0.610.